The highest BCUT2D eigenvalue weighted by Gasteiger charge is 2.38. The molecule has 1 aromatic heterocycles. The van der Waals surface area contributed by atoms with Crippen LogP contribution < -0.4 is 0 Å². The van der Waals surface area contributed by atoms with Crippen molar-refractivity contribution in [2.45, 2.75) is 39.0 Å². The van der Waals surface area contributed by atoms with Crippen LogP contribution in [0.4, 0.5) is 0 Å². The summed E-state index contributed by atoms with van der Waals surface area (Å²) in [5.74, 6) is 0.148. The Hall–Kier alpha value is -1.40. The number of ether oxygens (including phenoxy) is 1. The second kappa shape index (κ2) is 6.15. The maximum absolute atomic E-state index is 12.6. The molecule has 0 spiro atoms. The molecule has 0 aromatic carbocycles. The fourth-order valence-corrected chi connectivity index (χ4v) is 3.32. The molecular formula is C15H24N4O2. The number of carbonyl (C=O) groups is 1. The number of aryl methyl sites for hydroxylation is 1. The second-order valence-corrected chi connectivity index (χ2v) is 5.96. The van der Waals surface area contributed by atoms with E-state index in [4.69, 9.17) is 4.74 Å². The van der Waals surface area contributed by atoms with Crippen LogP contribution >= 0.6 is 0 Å². The Morgan fingerprint density at radius 3 is 3.05 bits per heavy atom. The number of fused-ring (bicyclic) bond motifs is 1. The molecule has 0 N–H and O–H groups in total. The van der Waals surface area contributed by atoms with Crippen LogP contribution in [0.5, 0.6) is 0 Å². The third kappa shape index (κ3) is 3.11. The number of nitrogens with zero attached hydrogens (tertiary/aromatic N) is 4. The number of morpholine rings is 1. The van der Waals surface area contributed by atoms with Crippen LogP contribution in [0.2, 0.25) is 0 Å². The lowest BCUT2D eigenvalue weighted by Crippen LogP contribution is -2.61. The Morgan fingerprint density at radius 2 is 2.33 bits per heavy atom. The van der Waals surface area contributed by atoms with Crippen molar-refractivity contribution in [3.05, 3.63) is 18.0 Å². The van der Waals surface area contributed by atoms with E-state index < -0.39 is 0 Å². The third-order valence-electron chi connectivity index (χ3n) is 4.50. The molecule has 1 aromatic rings. The van der Waals surface area contributed by atoms with Crippen LogP contribution in [0.25, 0.3) is 0 Å². The van der Waals surface area contributed by atoms with Crippen molar-refractivity contribution in [1.29, 1.82) is 0 Å². The average Bonchev–Trinajstić information content (AvgIpc) is 2.91. The van der Waals surface area contributed by atoms with Gasteiger partial charge in [-0.15, -0.1) is 0 Å². The van der Waals surface area contributed by atoms with Gasteiger partial charge in [-0.2, -0.15) is 5.10 Å². The zero-order valence-electron chi connectivity index (χ0n) is 12.9. The van der Waals surface area contributed by atoms with Gasteiger partial charge in [0.05, 0.1) is 24.9 Å². The summed E-state index contributed by atoms with van der Waals surface area (Å²) < 4.78 is 7.59. The van der Waals surface area contributed by atoms with Crippen molar-refractivity contribution in [1.82, 2.24) is 19.6 Å². The van der Waals surface area contributed by atoms with Crippen LogP contribution in [0.1, 0.15) is 18.9 Å². The summed E-state index contributed by atoms with van der Waals surface area (Å²) in [5, 5.41) is 4.21. The molecule has 2 aliphatic heterocycles. The zero-order chi connectivity index (χ0) is 14.8. The van der Waals surface area contributed by atoms with Crippen molar-refractivity contribution in [2.24, 2.45) is 0 Å². The van der Waals surface area contributed by atoms with E-state index in [1.54, 1.807) is 10.9 Å². The summed E-state index contributed by atoms with van der Waals surface area (Å²) in [7, 11) is 0. The summed E-state index contributed by atoms with van der Waals surface area (Å²) in [6.45, 7) is 8.84. The van der Waals surface area contributed by atoms with E-state index >= 15 is 0 Å². The molecule has 0 bridgehead atoms. The normalized spacial score (nSPS) is 26.7. The summed E-state index contributed by atoms with van der Waals surface area (Å²) in [4.78, 5) is 17.0. The number of piperidine rings is 1. The number of aromatic nitrogens is 2. The number of likely N-dealkylation sites (N-methyl/N-ethyl adjacent to an activating group) is 1. The number of amides is 1. The maximum Gasteiger partial charge on any atom is 0.244 e. The Morgan fingerprint density at radius 1 is 1.48 bits per heavy atom. The SMILES string of the molecule is CCN1CC[C@H]2OCCN(C(=O)Cn3cc(C)cn3)[C@H]2C1. The summed E-state index contributed by atoms with van der Waals surface area (Å²) in [6.07, 6.45) is 4.91. The third-order valence-corrected chi connectivity index (χ3v) is 4.50. The quantitative estimate of drug-likeness (QED) is 0.815. The van der Waals surface area contributed by atoms with Crippen LogP contribution in [-0.2, 0) is 16.1 Å². The first-order valence-electron chi connectivity index (χ1n) is 7.80. The number of carbonyl (C=O) groups excluding carboxylic acids is 1. The van der Waals surface area contributed by atoms with Gasteiger partial charge in [0.2, 0.25) is 5.91 Å². The molecule has 0 aliphatic carbocycles. The predicted molar refractivity (Wildman–Crippen MR) is 78.9 cm³/mol. The minimum Gasteiger partial charge on any atom is -0.374 e. The topological polar surface area (TPSA) is 50.6 Å². The molecule has 1 amide bonds. The Balaban J connectivity index is 1.68. The van der Waals surface area contributed by atoms with Crippen molar-refractivity contribution < 1.29 is 9.53 Å². The molecule has 2 saturated heterocycles. The molecular weight excluding hydrogens is 268 g/mol. The number of hydrogen-bond donors (Lipinski definition) is 0. The summed E-state index contributed by atoms with van der Waals surface area (Å²) in [5.41, 5.74) is 1.08. The van der Waals surface area contributed by atoms with Gasteiger partial charge in [-0.05, 0) is 25.5 Å². The van der Waals surface area contributed by atoms with Gasteiger partial charge in [-0.3, -0.25) is 9.48 Å². The molecule has 0 unspecified atom stereocenters. The number of likely N-dealkylation sites (tertiary alicyclic amines) is 1. The highest BCUT2D eigenvalue weighted by molar-refractivity contribution is 5.76. The molecule has 3 heterocycles. The molecule has 6 nitrogen and oxygen atoms in total. The lowest BCUT2D eigenvalue weighted by atomic mass is 9.98. The monoisotopic (exact) mass is 292 g/mol. The van der Waals surface area contributed by atoms with Gasteiger partial charge >= 0.3 is 0 Å². The summed E-state index contributed by atoms with van der Waals surface area (Å²) >= 11 is 0. The van der Waals surface area contributed by atoms with E-state index in [1.807, 2.05) is 18.0 Å². The molecule has 0 radical (unpaired) electrons. The molecule has 3 rings (SSSR count). The van der Waals surface area contributed by atoms with E-state index in [2.05, 4.69) is 16.9 Å². The Kier molecular flexibility index (Phi) is 4.26. The van der Waals surface area contributed by atoms with Crippen LogP contribution in [0.3, 0.4) is 0 Å². The summed E-state index contributed by atoms with van der Waals surface area (Å²) in [6, 6.07) is 0.191. The molecule has 2 aliphatic rings. The van der Waals surface area contributed by atoms with Gasteiger partial charge in [0.1, 0.15) is 6.54 Å². The lowest BCUT2D eigenvalue weighted by molar-refractivity contribution is -0.153. The van der Waals surface area contributed by atoms with Gasteiger partial charge in [0.15, 0.2) is 0 Å². The minimum atomic E-state index is 0.148. The van der Waals surface area contributed by atoms with Crippen LogP contribution in [-0.4, -0.2) is 70.4 Å². The van der Waals surface area contributed by atoms with Gasteiger partial charge < -0.3 is 14.5 Å². The van der Waals surface area contributed by atoms with Crippen molar-refractivity contribution in [2.75, 3.05) is 32.8 Å². The Labute approximate surface area is 125 Å². The molecule has 2 atom stereocenters. The first-order valence-corrected chi connectivity index (χ1v) is 7.80. The van der Waals surface area contributed by atoms with Crippen molar-refractivity contribution in [3.8, 4) is 0 Å². The fraction of sp³-hybridized carbons (Fsp3) is 0.733. The highest BCUT2D eigenvalue weighted by Crippen LogP contribution is 2.23. The van der Waals surface area contributed by atoms with E-state index in [0.717, 1.165) is 31.6 Å². The smallest absolute Gasteiger partial charge is 0.244 e. The molecule has 2 fully saturated rings. The number of rotatable bonds is 3. The Bertz CT molecular complexity index is 502. The molecule has 116 valence electrons. The molecule has 6 heteroatoms. The van der Waals surface area contributed by atoms with Crippen molar-refractivity contribution in [3.63, 3.8) is 0 Å². The predicted octanol–water partition coefficient (Wildman–Crippen LogP) is 0.513. The highest BCUT2D eigenvalue weighted by atomic mass is 16.5. The van der Waals surface area contributed by atoms with Gasteiger partial charge in [-0.1, -0.05) is 6.92 Å². The average molecular weight is 292 g/mol. The van der Waals surface area contributed by atoms with E-state index in [-0.39, 0.29) is 18.1 Å². The van der Waals surface area contributed by atoms with Crippen LogP contribution in [0, 0.1) is 6.92 Å². The fourth-order valence-electron chi connectivity index (χ4n) is 3.32. The van der Waals surface area contributed by atoms with Gasteiger partial charge in [0.25, 0.3) is 0 Å². The standard InChI is InChI=1S/C15H24N4O2/c1-3-17-5-4-14-13(10-17)19(6-7-21-14)15(20)11-18-9-12(2)8-16-18/h8-9,13-14H,3-7,10-11H2,1-2H3/t13-,14+/m0/s1. The minimum absolute atomic E-state index is 0.148. The first kappa shape index (κ1) is 14.5. The van der Waals surface area contributed by atoms with Gasteiger partial charge in [-0.25, -0.2) is 0 Å². The second-order valence-electron chi connectivity index (χ2n) is 5.96. The largest absolute Gasteiger partial charge is 0.374 e. The molecule has 21 heavy (non-hydrogen) atoms. The molecule has 0 saturated carbocycles. The van der Waals surface area contributed by atoms with E-state index in [1.165, 1.54) is 0 Å². The van der Waals surface area contributed by atoms with Crippen molar-refractivity contribution >= 4 is 5.91 Å². The number of hydrogen-bond acceptors (Lipinski definition) is 4. The van der Waals surface area contributed by atoms with Crippen LogP contribution in [0.15, 0.2) is 12.4 Å². The van der Waals surface area contributed by atoms with E-state index in [9.17, 15) is 4.79 Å². The maximum atomic E-state index is 12.6. The van der Waals surface area contributed by atoms with E-state index in [0.29, 0.717) is 19.7 Å². The van der Waals surface area contributed by atoms with Gasteiger partial charge in [0, 0.05) is 25.8 Å². The lowest BCUT2D eigenvalue weighted by Gasteiger charge is -2.46. The first-order chi connectivity index (χ1) is 10.2. The zero-order valence-corrected chi connectivity index (χ0v) is 12.9.